The van der Waals surface area contributed by atoms with Crippen LogP contribution in [0.4, 0.5) is 17.1 Å². The molecule has 6 nitrogen and oxygen atoms in total. The molecule has 0 bridgehead atoms. The first-order chi connectivity index (χ1) is 15.0. The lowest BCUT2D eigenvalue weighted by molar-refractivity contribution is 0.101. The molecule has 0 radical (unpaired) electrons. The van der Waals surface area contributed by atoms with Crippen molar-refractivity contribution >= 4 is 49.6 Å². The summed E-state index contributed by atoms with van der Waals surface area (Å²) in [6, 6.07) is 24.8. The molecule has 0 unspecified atom stereocenters. The van der Waals surface area contributed by atoms with Crippen molar-refractivity contribution in [3.8, 4) is 0 Å². The lowest BCUT2D eigenvalue weighted by Crippen LogP contribution is -2.32. The zero-order valence-corrected chi connectivity index (χ0v) is 16.9. The maximum atomic E-state index is 13.3. The van der Waals surface area contributed by atoms with Crippen molar-refractivity contribution in [1.29, 1.82) is 0 Å². The predicted octanol–water partition coefficient (Wildman–Crippen LogP) is 4.69. The van der Waals surface area contributed by atoms with E-state index in [4.69, 9.17) is 4.99 Å². The lowest BCUT2D eigenvalue weighted by atomic mass is 10.0. The number of carbonyl (C=O) groups is 1. The van der Waals surface area contributed by atoms with Crippen molar-refractivity contribution in [3.05, 3.63) is 96.1 Å². The molecule has 2 aliphatic heterocycles. The minimum Gasteiger partial charge on any atom is -0.280 e. The van der Waals surface area contributed by atoms with Crippen LogP contribution in [-0.2, 0) is 10.0 Å². The van der Waals surface area contributed by atoms with E-state index < -0.39 is 10.0 Å². The van der Waals surface area contributed by atoms with Gasteiger partial charge in [0.2, 0.25) is 0 Å². The molecule has 4 aromatic rings. The van der Waals surface area contributed by atoms with E-state index in [1.165, 1.54) is 0 Å². The van der Waals surface area contributed by atoms with Crippen LogP contribution >= 0.6 is 0 Å². The van der Waals surface area contributed by atoms with Gasteiger partial charge in [0.1, 0.15) is 10.7 Å². The maximum Gasteiger partial charge on any atom is 0.264 e. The highest BCUT2D eigenvalue weighted by atomic mass is 32.2. The number of hydrogen-bond acceptors (Lipinski definition) is 4. The van der Waals surface area contributed by atoms with Crippen molar-refractivity contribution < 1.29 is 13.2 Å². The molecule has 1 N–H and O–H groups in total. The Morgan fingerprint density at radius 1 is 0.774 bits per heavy atom. The molecule has 4 aromatic carbocycles. The number of fused-ring (bicyclic) bond motifs is 4. The van der Waals surface area contributed by atoms with E-state index in [2.05, 4.69) is 4.72 Å². The molecule has 2 aliphatic rings. The van der Waals surface area contributed by atoms with Gasteiger partial charge in [-0.15, -0.1) is 0 Å². The fraction of sp³-hybridized carbons (Fsp3) is 0. The normalized spacial score (nSPS) is 14.3. The zero-order valence-electron chi connectivity index (χ0n) is 16.1. The summed E-state index contributed by atoms with van der Waals surface area (Å²) < 4.78 is 29.2. The van der Waals surface area contributed by atoms with Gasteiger partial charge in [-0.3, -0.25) is 14.4 Å². The first-order valence-electron chi connectivity index (χ1n) is 9.71. The zero-order chi connectivity index (χ0) is 21.2. The van der Waals surface area contributed by atoms with E-state index >= 15 is 0 Å². The summed E-state index contributed by atoms with van der Waals surface area (Å²) in [5.41, 5.74) is 2.69. The fourth-order valence-corrected chi connectivity index (χ4v) is 5.40. The van der Waals surface area contributed by atoms with E-state index in [-0.39, 0.29) is 10.8 Å². The number of rotatable bonds is 3. The molecular formula is C24H15N3O3S. The van der Waals surface area contributed by atoms with Crippen LogP contribution in [0.25, 0.3) is 10.8 Å². The van der Waals surface area contributed by atoms with Gasteiger partial charge in [0, 0.05) is 16.6 Å². The average Bonchev–Trinajstić information content (AvgIpc) is 3.07. The van der Waals surface area contributed by atoms with Crippen LogP contribution in [0.1, 0.15) is 15.9 Å². The molecule has 0 aromatic heterocycles. The van der Waals surface area contributed by atoms with E-state index in [0.717, 1.165) is 5.39 Å². The Kier molecular flexibility index (Phi) is 3.61. The Labute approximate surface area is 178 Å². The van der Waals surface area contributed by atoms with Crippen LogP contribution in [0.15, 0.2) is 94.8 Å². The number of anilines is 2. The van der Waals surface area contributed by atoms with Gasteiger partial charge in [-0.1, -0.05) is 54.6 Å². The average molecular weight is 425 g/mol. The van der Waals surface area contributed by atoms with Crippen LogP contribution in [-0.4, -0.2) is 20.2 Å². The van der Waals surface area contributed by atoms with Crippen molar-refractivity contribution in [3.63, 3.8) is 0 Å². The smallest absolute Gasteiger partial charge is 0.264 e. The number of hydrogen-bond donors (Lipinski definition) is 1. The molecule has 0 fully saturated rings. The molecule has 1 amide bonds. The number of aliphatic imine (C=N–C) groups is 1. The van der Waals surface area contributed by atoms with Crippen LogP contribution in [0.2, 0.25) is 0 Å². The number of amidine groups is 1. The summed E-state index contributed by atoms with van der Waals surface area (Å²) in [4.78, 5) is 19.5. The Hall–Kier alpha value is -3.97. The molecular weight excluding hydrogens is 410 g/mol. The van der Waals surface area contributed by atoms with Gasteiger partial charge in [-0.25, -0.2) is 13.4 Å². The lowest BCUT2D eigenvalue weighted by Gasteiger charge is -2.25. The van der Waals surface area contributed by atoms with Gasteiger partial charge in [0.15, 0.2) is 0 Å². The van der Waals surface area contributed by atoms with E-state index in [9.17, 15) is 13.2 Å². The third-order valence-electron chi connectivity index (χ3n) is 5.55. The number of amides is 1. The topological polar surface area (TPSA) is 78.8 Å². The number of nitrogens with one attached hydrogen (secondary N) is 1. The van der Waals surface area contributed by atoms with E-state index in [0.29, 0.717) is 39.4 Å². The molecule has 0 atom stereocenters. The molecule has 0 aliphatic carbocycles. The van der Waals surface area contributed by atoms with Crippen molar-refractivity contribution in [2.24, 2.45) is 4.99 Å². The quantitative estimate of drug-likeness (QED) is 0.517. The van der Waals surface area contributed by atoms with Crippen molar-refractivity contribution in [2.45, 2.75) is 4.90 Å². The molecule has 6 rings (SSSR count). The summed E-state index contributed by atoms with van der Waals surface area (Å²) >= 11 is 0. The van der Waals surface area contributed by atoms with Gasteiger partial charge >= 0.3 is 0 Å². The number of para-hydroxylation sites is 1. The first kappa shape index (κ1) is 17.9. The number of nitrogens with zero attached hydrogens (tertiary/aromatic N) is 2. The summed E-state index contributed by atoms with van der Waals surface area (Å²) in [7, 11) is -3.91. The minimum absolute atomic E-state index is 0.0697. The number of sulfonamides is 1. The third-order valence-corrected chi connectivity index (χ3v) is 6.96. The Morgan fingerprint density at radius 3 is 2.32 bits per heavy atom. The fourth-order valence-electron chi connectivity index (χ4n) is 4.19. The molecule has 0 spiro atoms. The highest BCUT2D eigenvalue weighted by Crippen LogP contribution is 2.46. The highest BCUT2D eigenvalue weighted by Gasteiger charge is 2.39. The molecule has 2 heterocycles. The molecule has 150 valence electrons. The van der Waals surface area contributed by atoms with Crippen molar-refractivity contribution in [1.82, 2.24) is 0 Å². The Bertz CT molecular complexity index is 1540. The van der Waals surface area contributed by atoms with Gasteiger partial charge in [0.05, 0.1) is 16.9 Å². The second-order valence-electron chi connectivity index (χ2n) is 7.38. The summed E-state index contributed by atoms with van der Waals surface area (Å²) in [6.07, 6.45) is 0. The van der Waals surface area contributed by atoms with Crippen LogP contribution < -0.4 is 9.62 Å². The molecule has 0 saturated heterocycles. The highest BCUT2D eigenvalue weighted by molar-refractivity contribution is 7.93. The van der Waals surface area contributed by atoms with Gasteiger partial charge in [-0.05, 0) is 35.7 Å². The van der Waals surface area contributed by atoms with E-state index in [1.54, 1.807) is 47.4 Å². The van der Waals surface area contributed by atoms with E-state index in [1.807, 2.05) is 42.5 Å². The maximum absolute atomic E-state index is 13.3. The van der Waals surface area contributed by atoms with Gasteiger partial charge in [-0.2, -0.15) is 0 Å². The van der Waals surface area contributed by atoms with Gasteiger partial charge in [0.25, 0.3) is 15.9 Å². The minimum atomic E-state index is -3.91. The number of carbonyl (C=O) groups excluding carboxylic acids is 1. The standard InChI is InChI=1S/C24H15N3O3S/c28-24-18-11-5-4-10-17(18)23-25-22-20(31(29,30)26-16-8-2-1-3-9-16)14-13-15-7-6-12-19(21(15)22)27(23)24/h1-14,26H. The van der Waals surface area contributed by atoms with Crippen LogP contribution in [0.3, 0.4) is 0 Å². The summed E-state index contributed by atoms with van der Waals surface area (Å²) in [5.74, 6) is 0.283. The van der Waals surface area contributed by atoms with Gasteiger partial charge < -0.3 is 0 Å². The SMILES string of the molecule is O=C1c2ccccc2C2=Nc3c(S(=O)(=O)Nc4ccccc4)ccc4cccc(c34)N12. The number of benzene rings is 4. The van der Waals surface area contributed by atoms with Crippen LogP contribution in [0, 0.1) is 0 Å². The second-order valence-corrected chi connectivity index (χ2v) is 9.03. The Balaban J connectivity index is 1.62. The Morgan fingerprint density at radius 2 is 1.52 bits per heavy atom. The monoisotopic (exact) mass is 425 g/mol. The van der Waals surface area contributed by atoms with Crippen molar-refractivity contribution in [2.75, 3.05) is 9.62 Å². The molecule has 0 saturated carbocycles. The predicted molar refractivity (Wildman–Crippen MR) is 121 cm³/mol. The largest absolute Gasteiger partial charge is 0.280 e. The summed E-state index contributed by atoms with van der Waals surface area (Å²) in [6.45, 7) is 0. The third kappa shape index (κ3) is 2.53. The molecule has 31 heavy (non-hydrogen) atoms. The first-order valence-corrected chi connectivity index (χ1v) is 11.2. The summed E-state index contributed by atoms with van der Waals surface area (Å²) in [5, 5.41) is 1.46. The second kappa shape index (κ2) is 6.26. The molecule has 7 heteroatoms. The van der Waals surface area contributed by atoms with Crippen LogP contribution in [0.5, 0.6) is 0 Å².